The molecule has 6 aromatic rings. The van der Waals surface area contributed by atoms with E-state index in [2.05, 4.69) is 9.67 Å². The molecule has 0 saturated carbocycles. The van der Waals surface area contributed by atoms with E-state index in [-0.39, 0.29) is 17.5 Å². The zero-order valence-electron chi connectivity index (χ0n) is 28.8. The molecular weight excluding hydrogens is 673 g/mol. The summed E-state index contributed by atoms with van der Waals surface area (Å²) in [6.45, 7) is 10.8. The fourth-order valence-corrected chi connectivity index (χ4v) is 7.76. The molecule has 0 unspecified atom stereocenters. The maximum absolute atomic E-state index is 14.9. The van der Waals surface area contributed by atoms with Crippen molar-refractivity contribution in [1.29, 1.82) is 0 Å². The van der Waals surface area contributed by atoms with Crippen LogP contribution in [-0.2, 0) is 20.0 Å². The van der Waals surface area contributed by atoms with E-state index in [1.54, 1.807) is 17.0 Å². The smallest absolute Gasteiger partial charge is 0.337 e. The highest BCUT2D eigenvalue weighted by molar-refractivity contribution is 6.35. The molecule has 3 aromatic heterocycles. The van der Waals surface area contributed by atoms with Crippen molar-refractivity contribution < 1.29 is 19.4 Å². The Morgan fingerprint density at radius 3 is 2.44 bits per heavy atom. The standard InChI is InChI=1S/C39H37Cl2N5O4/c1-20-17-26(18-21(2)34(20)41)50-16-8-11-27-28-13-14-30(40)33(32-23(4)43-44(6)24(32)5)36(28)45-19-22(3)46(38(47)37(27)45)31-15-12-25-9-7-10-29(39(48)49)35(25)42-31/h7,9-10,12-15,17-18,22H,8,11,16,19H2,1-6H3,(H,48,49)/t22-/m1/s1. The fraction of sp³-hybridized carbons (Fsp3) is 0.282. The number of benzene rings is 3. The van der Waals surface area contributed by atoms with Gasteiger partial charge in [0.2, 0.25) is 0 Å². The number of aromatic carboxylic acids is 1. The van der Waals surface area contributed by atoms with Crippen molar-refractivity contribution in [2.45, 2.75) is 60.0 Å². The maximum Gasteiger partial charge on any atom is 0.337 e. The van der Waals surface area contributed by atoms with Gasteiger partial charge >= 0.3 is 5.97 Å². The summed E-state index contributed by atoms with van der Waals surface area (Å²) in [6, 6.07) is 16.1. The number of pyridine rings is 1. The quantitative estimate of drug-likeness (QED) is 0.158. The summed E-state index contributed by atoms with van der Waals surface area (Å²) in [4.78, 5) is 33.4. The van der Waals surface area contributed by atoms with Crippen molar-refractivity contribution >= 4 is 62.7 Å². The Hall–Kier alpha value is -4.86. The molecular formula is C39H37Cl2N5O4. The second-order valence-electron chi connectivity index (χ2n) is 13.1. The predicted molar refractivity (Wildman–Crippen MR) is 198 cm³/mol. The second kappa shape index (κ2) is 12.8. The zero-order chi connectivity index (χ0) is 35.6. The zero-order valence-corrected chi connectivity index (χ0v) is 30.3. The molecule has 7 rings (SSSR count). The van der Waals surface area contributed by atoms with Gasteiger partial charge in [-0.3, -0.25) is 14.4 Å². The summed E-state index contributed by atoms with van der Waals surface area (Å²) in [5.41, 5.74) is 8.32. The number of nitrogens with zero attached hydrogens (tertiary/aromatic N) is 5. The van der Waals surface area contributed by atoms with Crippen LogP contribution < -0.4 is 9.64 Å². The third-order valence-electron chi connectivity index (χ3n) is 9.78. The average molecular weight is 711 g/mol. The van der Waals surface area contributed by atoms with Crippen LogP contribution in [0.2, 0.25) is 10.0 Å². The molecule has 0 saturated heterocycles. The molecule has 9 nitrogen and oxygen atoms in total. The third-order valence-corrected chi connectivity index (χ3v) is 10.7. The van der Waals surface area contributed by atoms with Crippen molar-refractivity contribution in [3.05, 3.63) is 104 Å². The number of ether oxygens (including phenoxy) is 1. The van der Waals surface area contributed by atoms with E-state index >= 15 is 0 Å². The van der Waals surface area contributed by atoms with E-state index in [0.717, 1.165) is 60.9 Å². The Morgan fingerprint density at radius 2 is 1.76 bits per heavy atom. The highest BCUT2D eigenvalue weighted by atomic mass is 35.5. The number of carbonyl (C=O) groups is 2. The van der Waals surface area contributed by atoms with Crippen LogP contribution in [0.1, 0.15) is 62.3 Å². The number of fused-ring (bicyclic) bond motifs is 4. The van der Waals surface area contributed by atoms with Crippen LogP contribution in [0.15, 0.2) is 54.6 Å². The number of halogens is 2. The number of aryl methyl sites for hydroxylation is 5. The summed E-state index contributed by atoms with van der Waals surface area (Å²) in [5, 5.41) is 17.5. The van der Waals surface area contributed by atoms with Crippen LogP contribution in [0.4, 0.5) is 5.82 Å². The van der Waals surface area contributed by atoms with Crippen molar-refractivity contribution in [1.82, 2.24) is 19.3 Å². The topological polar surface area (TPSA) is 102 Å². The summed E-state index contributed by atoms with van der Waals surface area (Å²) in [6.07, 6.45) is 1.22. The second-order valence-corrected chi connectivity index (χ2v) is 13.9. The maximum atomic E-state index is 14.9. The lowest BCUT2D eigenvalue weighted by Crippen LogP contribution is -2.47. The lowest BCUT2D eigenvalue weighted by Gasteiger charge is -2.35. The van der Waals surface area contributed by atoms with E-state index in [1.807, 2.05) is 82.7 Å². The van der Waals surface area contributed by atoms with Gasteiger partial charge in [0.15, 0.2) is 0 Å². The minimum atomic E-state index is -1.07. The molecule has 0 bridgehead atoms. The lowest BCUT2D eigenvalue weighted by molar-refractivity contribution is 0.0698. The van der Waals surface area contributed by atoms with Crippen LogP contribution in [-0.4, -0.2) is 49.0 Å². The van der Waals surface area contributed by atoms with Crippen LogP contribution in [0.25, 0.3) is 32.9 Å². The molecule has 256 valence electrons. The predicted octanol–water partition coefficient (Wildman–Crippen LogP) is 8.89. The number of amides is 1. The minimum absolute atomic E-state index is 0.0869. The highest BCUT2D eigenvalue weighted by Crippen LogP contribution is 2.44. The van der Waals surface area contributed by atoms with Gasteiger partial charge in [-0.2, -0.15) is 5.10 Å². The Labute approximate surface area is 300 Å². The van der Waals surface area contributed by atoms with Gasteiger partial charge in [-0.05, 0) is 101 Å². The van der Waals surface area contributed by atoms with Gasteiger partial charge in [0.1, 0.15) is 17.3 Å². The van der Waals surface area contributed by atoms with Crippen LogP contribution in [0, 0.1) is 27.7 Å². The number of carboxylic acid groups (broad SMARTS) is 1. The number of hydrogen-bond donors (Lipinski definition) is 1. The molecule has 0 aliphatic carbocycles. The first-order valence-electron chi connectivity index (χ1n) is 16.6. The lowest BCUT2D eigenvalue weighted by atomic mass is 9.98. The van der Waals surface area contributed by atoms with Gasteiger partial charge in [0, 0.05) is 46.2 Å². The van der Waals surface area contributed by atoms with Gasteiger partial charge in [-0.25, -0.2) is 9.78 Å². The van der Waals surface area contributed by atoms with E-state index in [0.29, 0.717) is 53.4 Å². The average Bonchev–Trinajstić information content (AvgIpc) is 3.52. The monoisotopic (exact) mass is 709 g/mol. The van der Waals surface area contributed by atoms with Gasteiger partial charge in [0.05, 0.1) is 40.0 Å². The van der Waals surface area contributed by atoms with Crippen LogP contribution in [0.5, 0.6) is 5.75 Å². The Bertz CT molecular complexity index is 2350. The van der Waals surface area contributed by atoms with Gasteiger partial charge < -0.3 is 14.4 Å². The van der Waals surface area contributed by atoms with Gasteiger partial charge in [0.25, 0.3) is 5.91 Å². The normalized spacial score (nSPS) is 14.5. The molecule has 0 radical (unpaired) electrons. The Morgan fingerprint density at radius 1 is 1.02 bits per heavy atom. The van der Waals surface area contributed by atoms with Crippen molar-refractivity contribution in [3.8, 4) is 16.9 Å². The van der Waals surface area contributed by atoms with Crippen LogP contribution in [0.3, 0.4) is 0 Å². The molecule has 1 aliphatic rings. The van der Waals surface area contributed by atoms with E-state index < -0.39 is 5.97 Å². The molecule has 1 amide bonds. The van der Waals surface area contributed by atoms with Gasteiger partial charge in [-0.1, -0.05) is 41.4 Å². The largest absolute Gasteiger partial charge is 0.494 e. The number of para-hydroxylation sites is 1. The number of anilines is 1. The minimum Gasteiger partial charge on any atom is -0.494 e. The number of rotatable bonds is 8. The Kier molecular flexibility index (Phi) is 8.60. The summed E-state index contributed by atoms with van der Waals surface area (Å²) in [7, 11) is 1.92. The van der Waals surface area contributed by atoms with E-state index in [4.69, 9.17) is 32.9 Å². The third kappa shape index (κ3) is 5.49. The van der Waals surface area contributed by atoms with E-state index in [9.17, 15) is 14.7 Å². The summed E-state index contributed by atoms with van der Waals surface area (Å²) in [5.74, 6) is -0.123. The summed E-state index contributed by atoms with van der Waals surface area (Å²) < 4.78 is 10.1. The first kappa shape index (κ1) is 33.6. The van der Waals surface area contributed by atoms with Gasteiger partial charge in [-0.15, -0.1) is 0 Å². The van der Waals surface area contributed by atoms with Crippen molar-refractivity contribution in [3.63, 3.8) is 0 Å². The first-order chi connectivity index (χ1) is 23.9. The van der Waals surface area contributed by atoms with Crippen LogP contribution >= 0.6 is 23.2 Å². The highest BCUT2D eigenvalue weighted by Gasteiger charge is 2.37. The molecule has 50 heavy (non-hydrogen) atoms. The van der Waals surface area contributed by atoms with Crippen molar-refractivity contribution in [2.24, 2.45) is 7.05 Å². The SMILES string of the molecule is Cc1cc(OCCCc2c3n(c4c(-c5c(C)nn(C)c5C)c(Cl)ccc24)C[C@@H](C)N(c2ccc4cccc(C(=O)O)c4n2)C3=O)cc(C)c1Cl. The molecule has 0 fully saturated rings. The summed E-state index contributed by atoms with van der Waals surface area (Å²) >= 11 is 13.4. The molecule has 1 aliphatic heterocycles. The molecule has 1 atom stereocenters. The number of carboxylic acids is 1. The Balaban J connectivity index is 1.36. The molecule has 4 heterocycles. The molecule has 11 heteroatoms. The first-order valence-corrected chi connectivity index (χ1v) is 17.3. The number of aromatic nitrogens is 4. The molecule has 1 N–H and O–H groups in total. The molecule has 0 spiro atoms. The molecule has 3 aromatic carbocycles. The van der Waals surface area contributed by atoms with E-state index in [1.165, 1.54) is 6.07 Å². The van der Waals surface area contributed by atoms with Crippen molar-refractivity contribution in [2.75, 3.05) is 11.5 Å². The fourth-order valence-electron chi connectivity index (χ4n) is 7.41. The number of hydrogen-bond acceptors (Lipinski definition) is 5. The number of carbonyl (C=O) groups excluding carboxylic acids is 1.